The van der Waals surface area contributed by atoms with Gasteiger partial charge in [-0.25, -0.2) is 0 Å². The molecule has 20 aromatic carbocycles. The highest BCUT2D eigenvalue weighted by molar-refractivity contribution is 9.10. The first-order chi connectivity index (χ1) is 63.9. The summed E-state index contributed by atoms with van der Waals surface area (Å²) in [4.78, 5) is 7.06. The Bertz CT molecular complexity index is 8120. The van der Waals surface area contributed by atoms with Crippen LogP contribution >= 0.6 is 15.9 Å². The van der Waals surface area contributed by atoms with Crippen molar-refractivity contribution < 1.29 is 0 Å². The molecule has 0 aliphatic rings. The number of hydrogen-bond acceptors (Lipinski definition) is 3. The van der Waals surface area contributed by atoms with Gasteiger partial charge in [0.15, 0.2) is 0 Å². The lowest BCUT2D eigenvalue weighted by atomic mass is 10.0. The molecule has 8 heteroatoms. The number of rotatable bonds is 17. The highest BCUT2D eigenvalue weighted by Crippen LogP contribution is 2.46. The van der Waals surface area contributed by atoms with Crippen LogP contribution in [-0.2, 0) is 6.42 Å². The van der Waals surface area contributed by atoms with E-state index >= 15 is 0 Å². The summed E-state index contributed by atoms with van der Waals surface area (Å²) < 4.78 is 10.5. The molecule has 0 saturated heterocycles. The Hall–Kier alpha value is -16.5. The highest BCUT2D eigenvalue weighted by atomic mass is 79.9. The third-order valence-electron chi connectivity index (χ3n) is 24.7. The Morgan fingerprint density at radius 2 is 0.403 bits per heavy atom. The molecule has 0 unspecified atom stereocenters. The van der Waals surface area contributed by atoms with Gasteiger partial charge in [0.05, 0.1) is 44.1 Å². The summed E-state index contributed by atoms with van der Waals surface area (Å²) in [5.74, 6) is 0. The van der Waals surface area contributed by atoms with E-state index in [1.807, 2.05) is 0 Å². The van der Waals surface area contributed by atoms with Gasteiger partial charge < -0.3 is 33.0 Å². The summed E-state index contributed by atoms with van der Waals surface area (Å²) in [6, 6.07) is 182. The number of para-hydroxylation sites is 11. The molecule has 24 aromatic rings. The second-order valence-electron chi connectivity index (χ2n) is 32.5. The smallest absolute Gasteiger partial charge is 0.0542 e. The molecule has 0 spiro atoms. The van der Waals surface area contributed by atoms with E-state index in [-0.39, 0.29) is 0 Å². The normalized spacial score (nSPS) is 11.3. The Labute approximate surface area is 758 Å². The van der Waals surface area contributed by atoms with Gasteiger partial charge in [-0.3, -0.25) is 0 Å². The molecule has 612 valence electrons. The second kappa shape index (κ2) is 34.9. The summed E-state index contributed by atoms with van der Waals surface area (Å²) in [5, 5.41) is 10.0. The molecule has 4 aromatic heterocycles. The van der Waals surface area contributed by atoms with Gasteiger partial charge in [-0.1, -0.05) is 301 Å². The van der Waals surface area contributed by atoms with Gasteiger partial charge in [0, 0.05) is 121 Å². The fraction of sp³-hybridized carbons (Fsp3) is 0.00826. The molecule has 7 nitrogen and oxygen atoms in total. The van der Waals surface area contributed by atoms with Crippen LogP contribution in [0.4, 0.5) is 51.2 Å². The van der Waals surface area contributed by atoms with Gasteiger partial charge in [-0.2, -0.15) is 0 Å². The zero-order chi connectivity index (χ0) is 85.9. The van der Waals surface area contributed by atoms with Crippen molar-refractivity contribution in [3.63, 3.8) is 0 Å². The standard InChI is InChI=1S/C60H42N4.C36H25BrN2.C25H19N/c1-5-19-45(20-6-1)61(51-36-38-59-55(41-51)53-28-13-15-30-57(53)63(59)47-23-9-3-10-24-47)49-34-32-43(33-35-49)44-18-17-27-50(40-44)62(46-21-7-2-8-22-46)52-37-39-60-56(42-52)54-29-14-16-31-58(54)64(60)48-25-11-4-12-26-48;37-28-11-9-10-27(24-28)26-18-20-31(21-19-26)38(29-12-3-1-4-13-29)32-22-23-36-34(25-32)33-16-7-8-17-35(33)39(36)30-14-5-2-6-15-30;1-3-9-19(10-4-1)17-20-15-16-25-23(18-20)22-13-7-8-14-24(22)26(25)21-11-5-2-6-12-21/h1-42H;1-25H;1-16,18H,17H2. The molecule has 129 heavy (non-hydrogen) atoms. The Kier molecular flexibility index (Phi) is 21.2. The summed E-state index contributed by atoms with van der Waals surface area (Å²) in [6.07, 6.45) is 0.960. The van der Waals surface area contributed by atoms with Crippen LogP contribution < -0.4 is 14.7 Å². The maximum absolute atomic E-state index is 3.60. The summed E-state index contributed by atoms with van der Waals surface area (Å²) in [7, 11) is 0. The van der Waals surface area contributed by atoms with Gasteiger partial charge in [0.1, 0.15) is 0 Å². The van der Waals surface area contributed by atoms with Crippen LogP contribution in [-0.4, -0.2) is 18.3 Å². The molecule has 4 heterocycles. The molecule has 0 aliphatic heterocycles. The average molecular weight is 1720 g/mol. The average Bonchev–Trinajstić information content (AvgIpc) is 1.64. The predicted octanol–water partition coefficient (Wildman–Crippen LogP) is 33.5. The fourth-order valence-electron chi connectivity index (χ4n) is 18.9. The van der Waals surface area contributed by atoms with Crippen molar-refractivity contribution in [1.29, 1.82) is 0 Å². The van der Waals surface area contributed by atoms with Crippen molar-refractivity contribution in [1.82, 2.24) is 18.3 Å². The van der Waals surface area contributed by atoms with Crippen molar-refractivity contribution in [2.75, 3.05) is 14.7 Å². The first-order valence-corrected chi connectivity index (χ1v) is 44.7. The van der Waals surface area contributed by atoms with Crippen molar-refractivity contribution in [3.05, 3.63) is 525 Å². The van der Waals surface area contributed by atoms with Crippen LogP contribution in [0.5, 0.6) is 0 Å². The van der Waals surface area contributed by atoms with E-state index in [0.717, 1.165) is 84.6 Å². The van der Waals surface area contributed by atoms with Gasteiger partial charge in [-0.15, -0.1) is 0 Å². The minimum absolute atomic E-state index is 0.960. The van der Waals surface area contributed by atoms with E-state index in [4.69, 9.17) is 0 Å². The zero-order valence-electron chi connectivity index (χ0n) is 70.7. The minimum Gasteiger partial charge on any atom is -0.310 e. The first-order valence-electron chi connectivity index (χ1n) is 43.9. The number of halogens is 1. The van der Waals surface area contributed by atoms with Gasteiger partial charge >= 0.3 is 0 Å². The van der Waals surface area contributed by atoms with Crippen LogP contribution in [0.3, 0.4) is 0 Å². The molecule has 0 atom stereocenters. The molecule has 0 N–H and O–H groups in total. The van der Waals surface area contributed by atoms with Crippen LogP contribution in [0.1, 0.15) is 11.1 Å². The molecule has 0 amide bonds. The SMILES string of the molecule is Brc1cccc(-c2ccc(N(c3ccccc3)c3ccc4c(c3)c3ccccc3n4-c3ccccc3)cc2)c1.c1ccc(Cc2ccc3c(c2)c2ccccc2n3-c2ccccc2)cc1.c1ccc(N(c2ccc(-c3cccc(N(c4ccccc4)c4ccc5c(c4)c4ccccc4n5-c4ccccc4)c3)cc2)c2ccc3c(c2)c2ccccc2n3-c2ccccc2)cc1. The number of aromatic nitrogens is 4. The predicted molar refractivity (Wildman–Crippen MR) is 549 cm³/mol. The maximum atomic E-state index is 3.60. The molecule has 0 fully saturated rings. The van der Waals surface area contributed by atoms with Crippen molar-refractivity contribution in [2.24, 2.45) is 0 Å². The molecular formula is C121H86BrN7. The van der Waals surface area contributed by atoms with Crippen LogP contribution in [0.15, 0.2) is 514 Å². The number of nitrogens with zero attached hydrogens (tertiary/aromatic N) is 7. The lowest BCUT2D eigenvalue weighted by Crippen LogP contribution is -2.10. The molecule has 0 saturated carbocycles. The Morgan fingerprint density at radius 1 is 0.155 bits per heavy atom. The van der Waals surface area contributed by atoms with Crippen LogP contribution in [0.2, 0.25) is 0 Å². The number of hydrogen-bond donors (Lipinski definition) is 0. The van der Waals surface area contributed by atoms with E-state index in [1.165, 1.54) is 121 Å². The van der Waals surface area contributed by atoms with E-state index < -0.39 is 0 Å². The van der Waals surface area contributed by atoms with Crippen LogP contribution in [0, 0.1) is 0 Å². The third kappa shape index (κ3) is 15.3. The quantitative estimate of drug-likeness (QED) is 0.0910. The minimum atomic E-state index is 0.960. The number of benzene rings is 20. The lowest BCUT2D eigenvalue weighted by Gasteiger charge is -2.27. The van der Waals surface area contributed by atoms with E-state index in [2.05, 4.69) is 558 Å². The largest absolute Gasteiger partial charge is 0.310 e. The first kappa shape index (κ1) is 78.5. The third-order valence-corrected chi connectivity index (χ3v) is 25.2. The fourth-order valence-corrected chi connectivity index (χ4v) is 19.3. The monoisotopic (exact) mass is 1720 g/mol. The number of fused-ring (bicyclic) bond motifs is 12. The molecule has 0 radical (unpaired) electrons. The van der Waals surface area contributed by atoms with Gasteiger partial charge in [0.2, 0.25) is 0 Å². The van der Waals surface area contributed by atoms with Crippen molar-refractivity contribution in [2.45, 2.75) is 6.42 Å². The van der Waals surface area contributed by atoms with Crippen LogP contribution in [0.25, 0.3) is 132 Å². The molecule has 0 bridgehead atoms. The van der Waals surface area contributed by atoms with E-state index in [0.29, 0.717) is 0 Å². The summed E-state index contributed by atoms with van der Waals surface area (Å²) in [6.45, 7) is 0. The van der Waals surface area contributed by atoms with Gasteiger partial charge in [-0.05, 0) is 264 Å². The molecule has 24 rings (SSSR count). The zero-order valence-corrected chi connectivity index (χ0v) is 72.3. The molecular weight excluding hydrogens is 1630 g/mol. The van der Waals surface area contributed by atoms with E-state index in [1.54, 1.807) is 0 Å². The van der Waals surface area contributed by atoms with Crippen molar-refractivity contribution >= 4 is 154 Å². The number of anilines is 9. The van der Waals surface area contributed by atoms with E-state index in [9.17, 15) is 0 Å². The maximum Gasteiger partial charge on any atom is 0.0542 e. The van der Waals surface area contributed by atoms with Crippen molar-refractivity contribution in [3.8, 4) is 45.0 Å². The lowest BCUT2D eigenvalue weighted by molar-refractivity contribution is 1.17. The second-order valence-corrected chi connectivity index (χ2v) is 33.5. The van der Waals surface area contributed by atoms with Gasteiger partial charge in [0.25, 0.3) is 0 Å². The Morgan fingerprint density at radius 3 is 0.752 bits per heavy atom. The topological polar surface area (TPSA) is 29.4 Å². The summed E-state index contributed by atoms with van der Waals surface area (Å²) >= 11 is 3.60. The molecule has 0 aliphatic carbocycles. The highest BCUT2D eigenvalue weighted by Gasteiger charge is 2.24. The Balaban J connectivity index is 0.000000127. The summed E-state index contributed by atoms with van der Waals surface area (Å²) in [5.41, 5.74) is 31.7.